The lowest BCUT2D eigenvalue weighted by Crippen LogP contribution is -2.50. The standard InChI is InChI=1S/C21H35N3O/c1-18-5-4-6-21(17-18)25-16-15-23-11-9-22(10-12-23)13-14-24-19(2)7-8-20(24)3/h4-6,17,19-20H,7-16H2,1-3H3. The Morgan fingerprint density at radius 1 is 0.920 bits per heavy atom. The molecule has 0 N–H and O–H groups in total. The van der Waals surface area contributed by atoms with Crippen LogP contribution < -0.4 is 4.74 Å². The maximum Gasteiger partial charge on any atom is 0.119 e. The molecule has 2 heterocycles. The molecule has 0 aliphatic carbocycles. The zero-order valence-electron chi connectivity index (χ0n) is 16.3. The first-order chi connectivity index (χ1) is 12.1. The maximum absolute atomic E-state index is 5.89. The summed E-state index contributed by atoms with van der Waals surface area (Å²) in [6, 6.07) is 9.87. The third kappa shape index (κ3) is 5.44. The summed E-state index contributed by atoms with van der Waals surface area (Å²) in [6.45, 7) is 15.9. The molecule has 2 aliphatic rings. The quantitative estimate of drug-likeness (QED) is 0.756. The Hall–Kier alpha value is -1.10. The minimum absolute atomic E-state index is 0.773. The average Bonchev–Trinajstić information content (AvgIpc) is 2.92. The summed E-state index contributed by atoms with van der Waals surface area (Å²) in [4.78, 5) is 7.87. The van der Waals surface area contributed by atoms with E-state index in [1.54, 1.807) is 0 Å². The lowest BCUT2D eigenvalue weighted by atomic mass is 10.2. The van der Waals surface area contributed by atoms with Crippen LogP contribution in [0, 0.1) is 6.92 Å². The van der Waals surface area contributed by atoms with Crippen molar-refractivity contribution in [2.75, 3.05) is 52.4 Å². The second-order valence-corrected chi connectivity index (χ2v) is 7.86. The first kappa shape index (κ1) is 18.7. The van der Waals surface area contributed by atoms with E-state index >= 15 is 0 Å². The summed E-state index contributed by atoms with van der Waals surface area (Å²) in [5.41, 5.74) is 1.26. The normalized spacial score (nSPS) is 26.2. The number of hydrogen-bond acceptors (Lipinski definition) is 4. The number of likely N-dealkylation sites (tertiary alicyclic amines) is 1. The highest BCUT2D eigenvalue weighted by Crippen LogP contribution is 2.22. The summed E-state index contributed by atoms with van der Waals surface area (Å²) in [5.74, 6) is 0.993. The SMILES string of the molecule is Cc1cccc(OCCN2CCN(CCN3C(C)CCC3C)CC2)c1. The van der Waals surface area contributed by atoms with E-state index in [9.17, 15) is 0 Å². The average molecular weight is 346 g/mol. The van der Waals surface area contributed by atoms with Crippen LogP contribution in [0.1, 0.15) is 32.3 Å². The van der Waals surface area contributed by atoms with Gasteiger partial charge in [-0.3, -0.25) is 14.7 Å². The van der Waals surface area contributed by atoms with Crippen molar-refractivity contribution < 1.29 is 4.74 Å². The molecule has 2 fully saturated rings. The van der Waals surface area contributed by atoms with Crippen LogP contribution >= 0.6 is 0 Å². The molecule has 140 valence electrons. The van der Waals surface area contributed by atoms with E-state index < -0.39 is 0 Å². The van der Waals surface area contributed by atoms with Crippen LogP contribution in [0.4, 0.5) is 0 Å². The monoisotopic (exact) mass is 345 g/mol. The molecular weight excluding hydrogens is 310 g/mol. The van der Waals surface area contributed by atoms with Gasteiger partial charge in [-0.05, 0) is 51.3 Å². The topological polar surface area (TPSA) is 19.0 Å². The lowest BCUT2D eigenvalue weighted by Gasteiger charge is -2.36. The number of hydrogen-bond donors (Lipinski definition) is 0. The summed E-state index contributed by atoms with van der Waals surface area (Å²) >= 11 is 0. The molecule has 25 heavy (non-hydrogen) atoms. The molecule has 0 aromatic heterocycles. The molecule has 4 heteroatoms. The number of benzene rings is 1. The third-order valence-corrected chi connectivity index (χ3v) is 5.94. The Morgan fingerprint density at radius 3 is 2.20 bits per heavy atom. The van der Waals surface area contributed by atoms with Gasteiger partial charge in [-0.2, -0.15) is 0 Å². The number of ether oxygens (including phenoxy) is 1. The van der Waals surface area contributed by atoms with Gasteiger partial charge in [0.15, 0.2) is 0 Å². The van der Waals surface area contributed by atoms with Gasteiger partial charge in [0.2, 0.25) is 0 Å². The van der Waals surface area contributed by atoms with Crippen LogP contribution in [-0.2, 0) is 0 Å². The van der Waals surface area contributed by atoms with Crippen LogP contribution in [-0.4, -0.2) is 79.2 Å². The molecule has 2 saturated heterocycles. The third-order valence-electron chi connectivity index (χ3n) is 5.94. The Morgan fingerprint density at radius 2 is 1.56 bits per heavy atom. The van der Waals surface area contributed by atoms with Gasteiger partial charge in [-0.15, -0.1) is 0 Å². The van der Waals surface area contributed by atoms with Crippen molar-refractivity contribution in [3.8, 4) is 5.75 Å². The van der Waals surface area contributed by atoms with Gasteiger partial charge in [-0.1, -0.05) is 12.1 Å². The van der Waals surface area contributed by atoms with Crippen LogP contribution in [0.15, 0.2) is 24.3 Å². The van der Waals surface area contributed by atoms with E-state index in [-0.39, 0.29) is 0 Å². The summed E-state index contributed by atoms with van der Waals surface area (Å²) in [7, 11) is 0. The van der Waals surface area contributed by atoms with Crippen molar-refractivity contribution in [3.63, 3.8) is 0 Å². The predicted molar refractivity (Wildman–Crippen MR) is 104 cm³/mol. The largest absolute Gasteiger partial charge is 0.492 e. The first-order valence-corrected chi connectivity index (χ1v) is 10.0. The molecule has 0 bridgehead atoms. The fourth-order valence-corrected chi connectivity index (χ4v) is 4.18. The van der Waals surface area contributed by atoms with Crippen LogP contribution in [0.25, 0.3) is 0 Å². The smallest absolute Gasteiger partial charge is 0.119 e. The zero-order valence-corrected chi connectivity index (χ0v) is 16.3. The Kier molecular flexibility index (Phi) is 6.74. The van der Waals surface area contributed by atoms with Crippen molar-refractivity contribution in [2.24, 2.45) is 0 Å². The molecule has 2 atom stereocenters. The van der Waals surface area contributed by atoms with Crippen LogP contribution in [0.3, 0.4) is 0 Å². The van der Waals surface area contributed by atoms with Gasteiger partial charge in [0, 0.05) is 57.9 Å². The molecule has 2 aliphatic heterocycles. The van der Waals surface area contributed by atoms with Gasteiger partial charge in [0.1, 0.15) is 12.4 Å². The van der Waals surface area contributed by atoms with Crippen molar-refractivity contribution in [1.82, 2.24) is 14.7 Å². The zero-order chi connectivity index (χ0) is 17.6. The second kappa shape index (κ2) is 9.02. The molecule has 2 unspecified atom stereocenters. The summed E-state index contributed by atoms with van der Waals surface area (Å²) in [6.07, 6.45) is 2.74. The van der Waals surface area contributed by atoms with Crippen molar-refractivity contribution in [1.29, 1.82) is 0 Å². The van der Waals surface area contributed by atoms with E-state index in [0.717, 1.165) is 31.0 Å². The molecule has 0 saturated carbocycles. The molecule has 3 rings (SSSR count). The minimum atomic E-state index is 0.773. The molecule has 1 aromatic carbocycles. The van der Waals surface area contributed by atoms with Crippen molar-refractivity contribution in [3.05, 3.63) is 29.8 Å². The van der Waals surface area contributed by atoms with Gasteiger partial charge in [0.25, 0.3) is 0 Å². The fourth-order valence-electron chi connectivity index (χ4n) is 4.18. The molecular formula is C21H35N3O. The van der Waals surface area contributed by atoms with E-state index in [1.165, 1.54) is 57.7 Å². The summed E-state index contributed by atoms with van der Waals surface area (Å²) in [5, 5.41) is 0. The van der Waals surface area contributed by atoms with E-state index in [0.29, 0.717) is 0 Å². The number of aryl methyl sites for hydroxylation is 1. The van der Waals surface area contributed by atoms with E-state index in [4.69, 9.17) is 4.74 Å². The molecule has 4 nitrogen and oxygen atoms in total. The minimum Gasteiger partial charge on any atom is -0.492 e. The highest BCUT2D eigenvalue weighted by molar-refractivity contribution is 5.27. The number of piperazine rings is 1. The Labute approximate surface area is 153 Å². The fraction of sp³-hybridized carbons (Fsp3) is 0.714. The molecule has 0 amide bonds. The predicted octanol–water partition coefficient (Wildman–Crippen LogP) is 2.86. The van der Waals surface area contributed by atoms with Crippen LogP contribution in [0.5, 0.6) is 5.75 Å². The first-order valence-electron chi connectivity index (χ1n) is 10.0. The number of rotatable bonds is 7. The highest BCUT2D eigenvalue weighted by atomic mass is 16.5. The Balaban J connectivity index is 1.31. The highest BCUT2D eigenvalue weighted by Gasteiger charge is 2.27. The van der Waals surface area contributed by atoms with Gasteiger partial charge in [0.05, 0.1) is 0 Å². The van der Waals surface area contributed by atoms with Crippen molar-refractivity contribution in [2.45, 2.75) is 45.7 Å². The summed E-state index contributed by atoms with van der Waals surface area (Å²) < 4.78 is 5.89. The molecule has 1 aromatic rings. The van der Waals surface area contributed by atoms with Gasteiger partial charge >= 0.3 is 0 Å². The van der Waals surface area contributed by atoms with E-state index in [2.05, 4.69) is 53.7 Å². The molecule has 0 radical (unpaired) electrons. The van der Waals surface area contributed by atoms with Crippen LogP contribution in [0.2, 0.25) is 0 Å². The second-order valence-electron chi connectivity index (χ2n) is 7.86. The lowest BCUT2D eigenvalue weighted by molar-refractivity contribution is 0.0997. The van der Waals surface area contributed by atoms with Crippen molar-refractivity contribution >= 4 is 0 Å². The van der Waals surface area contributed by atoms with E-state index in [1.807, 2.05) is 6.07 Å². The van der Waals surface area contributed by atoms with Gasteiger partial charge < -0.3 is 4.74 Å². The molecule has 0 spiro atoms. The number of nitrogens with zero attached hydrogens (tertiary/aromatic N) is 3. The maximum atomic E-state index is 5.89. The van der Waals surface area contributed by atoms with Gasteiger partial charge in [-0.25, -0.2) is 0 Å². The Bertz CT molecular complexity index is 518.